The number of anilines is 1. The molecule has 0 aliphatic rings. The zero-order valence-corrected chi connectivity index (χ0v) is 11.4. The van der Waals surface area contributed by atoms with Gasteiger partial charge in [0.05, 0.1) is 17.6 Å². The number of hydrogen-bond donors (Lipinski definition) is 3. The summed E-state index contributed by atoms with van der Waals surface area (Å²) in [5.74, 6) is -1.65. The number of aliphatic carboxylic acids is 1. The molecule has 0 radical (unpaired) electrons. The van der Waals surface area contributed by atoms with E-state index in [-0.39, 0.29) is 12.1 Å². The summed E-state index contributed by atoms with van der Waals surface area (Å²) >= 11 is 0. The highest BCUT2D eigenvalue weighted by atomic mass is 16.4. The number of H-pyrrole nitrogens is 1. The molecule has 2 heterocycles. The van der Waals surface area contributed by atoms with Crippen molar-refractivity contribution in [2.45, 2.75) is 20.4 Å². The number of nitrogens with one attached hydrogen (secondary N) is 2. The monoisotopic (exact) mass is 291 g/mol. The summed E-state index contributed by atoms with van der Waals surface area (Å²) in [6.07, 6.45) is 2.67. The van der Waals surface area contributed by atoms with Gasteiger partial charge in [0, 0.05) is 6.20 Å². The van der Waals surface area contributed by atoms with Gasteiger partial charge in [0.1, 0.15) is 12.1 Å². The Morgan fingerprint density at radius 3 is 2.81 bits per heavy atom. The summed E-state index contributed by atoms with van der Waals surface area (Å²) in [6.45, 7) is 2.98. The van der Waals surface area contributed by atoms with Crippen molar-refractivity contribution in [1.82, 2.24) is 20.0 Å². The number of aryl methyl sites for hydroxylation is 1. The van der Waals surface area contributed by atoms with Gasteiger partial charge in [0.2, 0.25) is 0 Å². The average Bonchev–Trinajstić information content (AvgIpc) is 2.80. The summed E-state index contributed by atoms with van der Waals surface area (Å²) in [6, 6.07) is 0. The molecule has 0 saturated carbocycles. The minimum absolute atomic E-state index is 0.0338. The highest BCUT2D eigenvalue weighted by molar-refractivity contribution is 6.04. The number of hydrogen-bond acceptors (Lipinski definition) is 5. The van der Waals surface area contributed by atoms with Crippen molar-refractivity contribution in [3.05, 3.63) is 39.6 Å². The van der Waals surface area contributed by atoms with Crippen LogP contribution < -0.4 is 10.9 Å². The quantitative estimate of drug-likeness (QED) is 0.722. The lowest BCUT2D eigenvalue weighted by Gasteiger charge is -2.06. The van der Waals surface area contributed by atoms with Gasteiger partial charge in [-0.25, -0.2) is 5.10 Å². The number of aromatic nitrogens is 4. The first-order valence-electron chi connectivity index (χ1n) is 6.00. The number of amides is 1. The smallest absolute Gasteiger partial charge is 0.325 e. The van der Waals surface area contributed by atoms with Crippen LogP contribution in [0.1, 0.15) is 21.6 Å². The number of carbonyl (C=O) groups is 2. The van der Waals surface area contributed by atoms with E-state index in [4.69, 9.17) is 5.11 Å². The van der Waals surface area contributed by atoms with Crippen LogP contribution in [0.4, 0.5) is 5.69 Å². The number of carboxylic acids is 1. The predicted molar refractivity (Wildman–Crippen MR) is 72.1 cm³/mol. The Bertz CT molecular complexity index is 761. The molecule has 0 saturated heterocycles. The Morgan fingerprint density at radius 2 is 2.14 bits per heavy atom. The third-order valence-electron chi connectivity index (χ3n) is 2.89. The van der Waals surface area contributed by atoms with Crippen molar-refractivity contribution in [3.8, 4) is 0 Å². The highest BCUT2D eigenvalue weighted by Crippen LogP contribution is 2.10. The predicted octanol–water partition coefficient (Wildman–Crippen LogP) is -0.0799. The largest absolute Gasteiger partial charge is 0.480 e. The van der Waals surface area contributed by atoms with Crippen molar-refractivity contribution in [1.29, 1.82) is 0 Å². The SMILES string of the molecule is Cc1n[nH]c(=O)c(C(=O)Nc2cnn(CC(=O)O)c2)c1C. The van der Waals surface area contributed by atoms with Crippen LogP contribution in [-0.2, 0) is 11.3 Å². The van der Waals surface area contributed by atoms with Crippen LogP contribution >= 0.6 is 0 Å². The molecule has 2 aromatic heterocycles. The first kappa shape index (κ1) is 14.4. The average molecular weight is 291 g/mol. The van der Waals surface area contributed by atoms with Crippen molar-refractivity contribution in [3.63, 3.8) is 0 Å². The molecular formula is C12H13N5O4. The Balaban J connectivity index is 2.23. The minimum atomic E-state index is -1.05. The summed E-state index contributed by atoms with van der Waals surface area (Å²) in [5, 5.41) is 20.9. The lowest BCUT2D eigenvalue weighted by atomic mass is 10.1. The molecule has 0 fully saturated rings. The molecule has 3 N–H and O–H groups in total. The van der Waals surface area contributed by atoms with Gasteiger partial charge in [-0.2, -0.15) is 10.2 Å². The molecule has 21 heavy (non-hydrogen) atoms. The van der Waals surface area contributed by atoms with Crippen LogP contribution in [0.5, 0.6) is 0 Å². The van der Waals surface area contributed by atoms with Crippen molar-refractivity contribution in [2.75, 3.05) is 5.32 Å². The maximum Gasteiger partial charge on any atom is 0.325 e. The second-order valence-corrected chi connectivity index (χ2v) is 4.41. The zero-order chi connectivity index (χ0) is 15.6. The van der Waals surface area contributed by atoms with E-state index in [1.807, 2.05) is 0 Å². The third-order valence-corrected chi connectivity index (χ3v) is 2.89. The van der Waals surface area contributed by atoms with Gasteiger partial charge >= 0.3 is 5.97 Å². The zero-order valence-electron chi connectivity index (χ0n) is 11.4. The number of rotatable bonds is 4. The van der Waals surface area contributed by atoms with Gasteiger partial charge in [0.25, 0.3) is 11.5 Å². The highest BCUT2D eigenvalue weighted by Gasteiger charge is 2.17. The Hall–Kier alpha value is -2.97. The minimum Gasteiger partial charge on any atom is -0.480 e. The maximum absolute atomic E-state index is 12.1. The van der Waals surface area contributed by atoms with Crippen LogP contribution in [0.3, 0.4) is 0 Å². The van der Waals surface area contributed by atoms with Crippen LogP contribution in [0.25, 0.3) is 0 Å². The lowest BCUT2D eigenvalue weighted by molar-refractivity contribution is -0.137. The van der Waals surface area contributed by atoms with E-state index in [9.17, 15) is 14.4 Å². The molecule has 0 atom stereocenters. The fourth-order valence-corrected chi connectivity index (χ4v) is 1.75. The molecule has 110 valence electrons. The first-order chi connectivity index (χ1) is 9.88. The topological polar surface area (TPSA) is 130 Å². The lowest BCUT2D eigenvalue weighted by Crippen LogP contribution is -2.26. The number of aromatic amines is 1. The Morgan fingerprint density at radius 1 is 1.43 bits per heavy atom. The molecule has 0 unspecified atom stereocenters. The van der Waals surface area contributed by atoms with Crippen molar-refractivity contribution >= 4 is 17.6 Å². The van der Waals surface area contributed by atoms with Crippen molar-refractivity contribution < 1.29 is 14.7 Å². The summed E-state index contributed by atoms with van der Waals surface area (Å²) in [4.78, 5) is 34.4. The van der Waals surface area contributed by atoms with Gasteiger partial charge in [-0.1, -0.05) is 0 Å². The van der Waals surface area contributed by atoms with E-state index in [2.05, 4.69) is 20.6 Å². The molecule has 2 rings (SSSR count). The van der Waals surface area contributed by atoms with E-state index in [1.165, 1.54) is 12.4 Å². The van der Waals surface area contributed by atoms with Crippen LogP contribution in [0.15, 0.2) is 17.2 Å². The van der Waals surface area contributed by atoms with E-state index < -0.39 is 17.4 Å². The molecule has 0 aromatic carbocycles. The Labute approximate surface area is 118 Å². The summed E-state index contributed by atoms with van der Waals surface area (Å²) in [7, 11) is 0. The molecule has 0 aliphatic heterocycles. The molecule has 1 amide bonds. The second-order valence-electron chi connectivity index (χ2n) is 4.41. The van der Waals surface area contributed by atoms with E-state index in [1.54, 1.807) is 13.8 Å². The second kappa shape index (κ2) is 5.57. The molecule has 9 nitrogen and oxygen atoms in total. The van der Waals surface area contributed by atoms with Gasteiger partial charge < -0.3 is 10.4 Å². The summed E-state index contributed by atoms with van der Waals surface area (Å²) < 4.78 is 1.16. The molecule has 9 heteroatoms. The molecular weight excluding hydrogens is 278 g/mol. The van der Waals surface area contributed by atoms with E-state index in [0.717, 1.165) is 4.68 Å². The first-order valence-corrected chi connectivity index (χ1v) is 6.00. The molecule has 0 bridgehead atoms. The normalized spacial score (nSPS) is 10.4. The third kappa shape index (κ3) is 3.14. The Kier molecular flexibility index (Phi) is 3.83. The van der Waals surface area contributed by atoms with E-state index >= 15 is 0 Å². The fraction of sp³-hybridized carbons (Fsp3) is 0.250. The van der Waals surface area contributed by atoms with Gasteiger partial charge in [0.15, 0.2) is 0 Å². The van der Waals surface area contributed by atoms with Gasteiger partial charge in [-0.05, 0) is 19.4 Å². The number of nitrogens with zero attached hydrogens (tertiary/aromatic N) is 3. The van der Waals surface area contributed by atoms with Gasteiger partial charge in [-0.15, -0.1) is 0 Å². The molecule has 0 aliphatic carbocycles. The standard InChI is InChI=1S/C12H13N5O4/c1-6-7(2)15-16-12(21)10(6)11(20)14-8-3-13-17(4-8)5-9(18)19/h3-4H,5H2,1-2H3,(H,14,20)(H,16,21)(H,18,19). The van der Waals surface area contributed by atoms with Gasteiger partial charge in [-0.3, -0.25) is 19.1 Å². The molecule has 2 aromatic rings. The van der Waals surface area contributed by atoms with E-state index in [0.29, 0.717) is 16.9 Å². The summed E-state index contributed by atoms with van der Waals surface area (Å²) in [5.41, 5.74) is 0.701. The number of carboxylic acid groups (broad SMARTS) is 1. The van der Waals surface area contributed by atoms with Crippen LogP contribution in [0, 0.1) is 13.8 Å². The maximum atomic E-state index is 12.1. The van der Waals surface area contributed by atoms with Crippen LogP contribution in [0.2, 0.25) is 0 Å². The molecule has 0 spiro atoms. The van der Waals surface area contributed by atoms with Crippen LogP contribution in [-0.4, -0.2) is 37.0 Å². The fourth-order valence-electron chi connectivity index (χ4n) is 1.75. The number of carbonyl (C=O) groups excluding carboxylic acids is 1. The van der Waals surface area contributed by atoms with Crippen molar-refractivity contribution in [2.24, 2.45) is 0 Å².